The molecule has 1 aliphatic rings. The smallest absolute Gasteiger partial charge is 0.410 e. The lowest BCUT2D eigenvalue weighted by molar-refractivity contribution is 0.0849. The van der Waals surface area contributed by atoms with E-state index in [2.05, 4.69) is 32.4 Å². The van der Waals surface area contributed by atoms with E-state index in [1.54, 1.807) is 0 Å². The number of sulfone groups is 1. The number of benzene rings is 1. The normalized spacial score (nSPS) is 18.6. The first-order valence-corrected chi connectivity index (χ1v) is 12.8. The Morgan fingerprint density at radius 1 is 1.18 bits per heavy atom. The van der Waals surface area contributed by atoms with Gasteiger partial charge in [-0.2, -0.15) is 12.6 Å². The number of Topliss-reactive ketones (excluding diaryl/α,β-unsaturated/α-hetero) is 1. The van der Waals surface area contributed by atoms with Crippen LogP contribution < -0.4 is 15.2 Å². The molecule has 1 heterocycles. The predicted octanol–water partition coefficient (Wildman–Crippen LogP) is 2.43. The second-order valence-electron chi connectivity index (χ2n) is 7.64. The molecule has 0 saturated carbocycles. The van der Waals surface area contributed by atoms with E-state index in [0.29, 0.717) is 6.42 Å². The van der Waals surface area contributed by atoms with Crippen LogP contribution in [-0.4, -0.2) is 75.1 Å². The third kappa shape index (κ3) is 6.64. The Morgan fingerprint density at radius 2 is 1.79 bits per heavy atom. The quantitative estimate of drug-likeness (QED) is 0.250. The van der Waals surface area contributed by atoms with Crippen molar-refractivity contribution in [2.24, 2.45) is 5.73 Å². The Bertz CT molecular complexity index is 1060. The summed E-state index contributed by atoms with van der Waals surface area (Å²) < 4.78 is 41.3. The molecule has 0 aromatic heterocycles. The fraction of sp³-hybridized carbons (Fsp3) is 0.391. The largest absolute Gasteiger partial charge is 0.486 e. The van der Waals surface area contributed by atoms with E-state index in [0.717, 1.165) is 6.26 Å². The minimum Gasteiger partial charge on any atom is -0.486 e. The average molecular weight is 511 g/mol. The number of carbonyl (C=O) groups is 2. The van der Waals surface area contributed by atoms with Crippen molar-refractivity contribution in [2.45, 2.75) is 28.6 Å². The Morgan fingerprint density at radius 3 is 2.38 bits per heavy atom. The van der Waals surface area contributed by atoms with Crippen LogP contribution in [0.15, 0.2) is 55.0 Å². The van der Waals surface area contributed by atoms with Crippen molar-refractivity contribution in [3.63, 3.8) is 0 Å². The molecule has 3 atom stereocenters. The molecule has 1 amide bonds. The number of ketones is 1. The Labute approximate surface area is 205 Å². The number of thiol groups is 1. The van der Waals surface area contributed by atoms with E-state index in [9.17, 15) is 18.0 Å². The minimum absolute atomic E-state index is 0.0000338. The maximum Gasteiger partial charge on any atom is 0.410 e. The molecule has 2 rings (SSSR count). The summed E-state index contributed by atoms with van der Waals surface area (Å²) in [4.78, 5) is 27.0. The number of nitrogens with two attached hydrogens (primary N) is 1. The number of rotatable bonds is 12. The molecule has 1 aliphatic heterocycles. The first-order chi connectivity index (χ1) is 16.0. The molecule has 9 nitrogen and oxygen atoms in total. The Hall–Kier alpha value is -2.76. The number of hydrogen-bond donors (Lipinski definition) is 2. The van der Waals surface area contributed by atoms with Crippen LogP contribution in [0, 0.1) is 0 Å². The molecule has 0 aliphatic carbocycles. The van der Waals surface area contributed by atoms with E-state index >= 15 is 0 Å². The van der Waals surface area contributed by atoms with Gasteiger partial charge in [0.15, 0.2) is 27.1 Å². The summed E-state index contributed by atoms with van der Waals surface area (Å²) in [6.45, 7) is 11.0. The lowest BCUT2D eigenvalue weighted by Crippen LogP contribution is -2.50. The SMILES string of the molecule is C=CCOC(=O)N1CC(S)CC1C(N)C(=O)c1cc(OCC=C)c(OCC=C)c(S(C)(=O)=O)c1. The van der Waals surface area contributed by atoms with Crippen LogP contribution in [0.3, 0.4) is 0 Å². The molecule has 3 unspecified atom stereocenters. The van der Waals surface area contributed by atoms with E-state index in [-0.39, 0.29) is 53.6 Å². The molecule has 2 N–H and O–H groups in total. The van der Waals surface area contributed by atoms with Crippen molar-refractivity contribution >= 4 is 34.3 Å². The van der Waals surface area contributed by atoms with Crippen LogP contribution in [0.25, 0.3) is 0 Å². The molecule has 1 fully saturated rings. The number of amides is 1. The van der Waals surface area contributed by atoms with Crippen LogP contribution in [0.5, 0.6) is 11.5 Å². The van der Waals surface area contributed by atoms with Crippen molar-refractivity contribution in [2.75, 3.05) is 32.6 Å². The highest BCUT2D eigenvalue weighted by molar-refractivity contribution is 7.90. The summed E-state index contributed by atoms with van der Waals surface area (Å²) in [7, 11) is -3.82. The molecular formula is C23H30N2O7S2. The third-order valence-corrected chi connectivity index (χ3v) is 6.48. The van der Waals surface area contributed by atoms with Gasteiger partial charge in [-0.05, 0) is 18.6 Å². The van der Waals surface area contributed by atoms with Gasteiger partial charge in [-0.25, -0.2) is 13.2 Å². The van der Waals surface area contributed by atoms with Crippen LogP contribution in [-0.2, 0) is 14.6 Å². The molecule has 1 saturated heterocycles. The second-order valence-corrected chi connectivity index (χ2v) is 10.4. The van der Waals surface area contributed by atoms with Gasteiger partial charge >= 0.3 is 6.09 Å². The van der Waals surface area contributed by atoms with Gasteiger partial charge in [0, 0.05) is 23.6 Å². The van der Waals surface area contributed by atoms with E-state index in [1.807, 2.05) is 0 Å². The van der Waals surface area contributed by atoms with E-state index < -0.39 is 33.8 Å². The summed E-state index contributed by atoms with van der Waals surface area (Å²) in [6, 6.07) is 0.715. The van der Waals surface area contributed by atoms with Crippen molar-refractivity contribution in [3.05, 3.63) is 55.7 Å². The number of likely N-dealkylation sites (tertiary alicyclic amines) is 1. The standard InChI is InChI=1S/C23H30N2O7S2/c1-5-8-30-18-11-15(12-19(34(4,28)29)22(18)31-9-6-2)21(26)20(24)17-13-16(33)14-25(17)23(27)32-10-7-3/h5-7,11-12,16-17,20,33H,1-3,8-10,13-14,24H2,4H3. The topological polar surface area (TPSA) is 125 Å². The van der Waals surface area contributed by atoms with Crippen molar-refractivity contribution < 1.29 is 32.2 Å². The van der Waals surface area contributed by atoms with Crippen molar-refractivity contribution in [1.29, 1.82) is 0 Å². The number of nitrogens with zero attached hydrogens (tertiary/aromatic N) is 1. The van der Waals surface area contributed by atoms with Crippen LogP contribution in [0.4, 0.5) is 4.79 Å². The monoisotopic (exact) mass is 510 g/mol. The molecule has 1 aromatic rings. The molecule has 1 aromatic carbocycles. The summed E-state index contributed by atoms with van der Waals surface area (Å²) >= 11 is 4.43. The zero-order chi connectivity index (χ0) is 25.5. The lowest BCUT2D eigenvalue weighted by atomic mass is 9.96. The van der Waals surface area contributed by atoms with Gasteiger partial charge in [-0.3, -0.25) is 4.79 Å². The van der Waals surface area contributed by atoms with Crippen LogP contribution in [0.1, 0.15) is 16.8 Å². The minimum atomic E-state index is -3.82. The van der Waals surface area contributed by atoms with Gasteiger partial charge < -0.3 is 24.8 Å². The van der Waals surface area contributed by atoms with Gasteiger partial charge in [0.05, 0.1) is 12.1 Å². The van der Waals surface area contributed by atoms with Crippen LogP contribution >= 0.6 is 12.6 Å². The number of ether oxygens (including phenoxy) is 3. The Kier molecular flexibility index (Phi) is 9.77. The zero-order valence-electron chi connectivity index (χ0n) is 19.0. The highest BCUT2D eigenvalue weighted by Crippen LogP contribution is 2.37. The second kappa shape index (κ2) is 12.1. The highest BCUT2D eigenvalue weighted by Gasteiger charge is 2.41. The lowest BCUT2D eigenvalue weighted by Gasteiger charge is -2.28. The van der Waals surface area contributed by atoms with Gasteiger partial charge in [0.1, 0.15) is 24.7 Å². The molecular weight excluding hydrogens is 480 g/mol. The molecule has 186 valence electrons. The van der Waals surface area contributed by atoms with Gasteiger partial charge in [-0.1, -0.05) is 38.0 Å². The summed E-state index contributed by atoms with van der Waals surface area (Å²) in [5.41, 5.74) is 6.30. The van der Waals surface area contributed by atoms with E-state index in [1.165, 1.54) is 35.3 Å². The van der Waals surface area contributed by atoms with E-state index in [4.69, 9.17) is 19.9 Å². The van der Waals surface area contributed by atoms with Crippen LogP contribution in [0.2, 0.25) is 0 Å². The first kappa shape index (κ1) is 27.5. The zero-order valence-corrected chi connectivity index (χ0v) is 20.7. The predicted molar refractivity (Wildman–Crippen MR) is 133 cm³/mol. The number of hydrogen-bond acceptors (Lipinski definition) is 9. The van der Waals surface area contributed by atoms with Gasteiger partial charge in [-0.15, -0.1) is 0 Å². The molecule has 0 bridgehead atoms. The maximum atomic E-state index is 13.4. The summed E-state index contributed by atoms with van der Waals surface area (Å²) in [5.74, 6) is -0.571. The molecule has 0 radical (unpaired) electrons. The highest BCUT2D eigenvalue weighted by atomic mass is 32.2. The van der Waals surface area contributed by atoms with Gasteiger partial charge in [0.25, 0.3) is 0 Å². The van der Waals surface area contributed by atoms with Crippen molar-refractivity contribution in [1.82, 2.24) is 4.90 Å². The number of carbonyl (C=O) groups excluding carboxylic acids is 2. The maximum absolute atomic E-state index is 13.4. The molecule has 34 heavy (non-hydrogen) atoms. The van der Waals surface area contributed by atoms with Crippen molar-refractivity contribution in [3.8, 4) is 11.5 Å². The summed E-state index contributed by atoms with van der Waals surface area (Å²) in [6.07, 6.45) is 5.07. The molecule has 0 spiro atoms. The Balaban J connectivity index is 2.48. The first-order valence-electron chi connectivity index (χ1n) is 10.4. The molecule has 11 heteroatoms. The fourth-order valence-electron chi connectivity index (χ4n) is 3.51. The third-order valence-electron chi connectivity index (χ3n) is 5.00. The summed E-state index contributed by atoms with van der Waals surface area (Å²) in [5, 5.41) is -0.201. The van der Waals surface area contributed by atoms with Gasteiger partial charge in [0.2, 0.25) is 0 Å². The fourth-order valence-corrected chi connectivity index (χ4v) is 4.74. The average Bonchev–Trinajstić information content (AvgIpc) is 3.19.